The summed E-state index contributed by atoms with van der Waals surface area (Å²) in [5.74, 6) is -1.22. The van der Waals surface area contributed by atoms with Gasteiger partial charge in [-0.15, -0.1) is 0 Å². The molecule has 9 N–H and O–H groups in total. The zero-order valence-corrected chi connectivity index (χ0v) is 28.6. The molecule has 0 aromatic carbocycles. The van der Waals surface area contributed by atoms with Crippen LogP contribution in [-0.4, -0.2) is 173 Å². The fraction of sp³-hybridized carbons (Fsp3) is 0.871. The Labute approximate surface area is 286 Å². The van der Waals surface area contributed by atoms with Gasteiger partial charge in [0.15, 0.2) is 12.6 Å². The molecule has 0 aromatic rings. The molecular formula is C31H56N4O14. The third-order valence-corrected chi connectivity index (χ3v) is 8.12. The molecule has 2 saturated heterocycles. The fourth-order valence-electron chi connectivity index (χ4n) is 5.25. The topological polar surface area (TPSA) is 266 Å². The van der Waals surface area contributed by atoms with E-state index in [1.807, 2.05) is 6.92 Å². The van der Waals surface area contributed by atoms with E-state index in [4.69, 9.17) is 18.9 Å². The van der Waals surface area contributed by atoms with Crippen LogP contribution in [0.15, 0.2) is 0 Å². The molecule has 3 amide bonds. The van der Waals surface area contributed by atoms with Crippen LogP contribution in [0, 0.1) is 0 Å². The van der Waals surface area contributed by atoms with Crippen LogP contribution in [0.3, 0.4) is 0 Å². The summed E-state index contributed by atoms with van der Waals surface area (Å²) in [6, 6.07) is 0. The van der Waals surface area contributed by atoms with Gasteiger partial charge in [-0.05, 0) is 40.0 Å². The maximum Gasteiger partial charge on any atom is 0.234 e. The second-order valence-electron chi connectivity index (χ2n) is 12.4. The summed E-state index contributed by atoms with van der Waals surface area (Å²) in [5, 5.41) is 67.7. The van der Waals surface area contributed by atoms with Crippen LogP contribution in [0.25, 0.3) is 0 Å². The van der Waals surface area contributed by atoms with Gasteiger partial charge in [-0.3, -0.25) is 24.1 Å². The molecule has 49 heavy (non-hydrogen) atoms. The Morgan fingerprint density at radius 2 is 1.12 bits per heavy atom. The van der Waals surface area contributed by atoms with Gasteiger partial charge >= 0.3 is 0 Å². The van der Waals surface area contributed by atoms with Gasteiger partial charge in [0.2, 0.25) is 17.7 Å². The van der Waals surface area contributed by atoms with Crippen molar-refractivity contribution in [3.8, 4) is 0 Å². The van der Waals surface area contributed by atoms with E-state index >= 15 is 0 Å². The third-order valence-electron chi connectivity index (χ3n) is 8.12. The molecule has 18 heteroatoms. The van der Waals surface area contributed by atoms with E-state index < -0.39 is 73.2 Å². The number of carbonyl (C=O) groups is 4. The molecule has 284 valence electrons. The smallest absolute Gasteiger partial charge is 0.234 e. The van der Waals surface area contributed by atoms with Crippen LogP contribution in [0.5, 0.6) is 0 Å². The first-order chi connectivity index (χ1) is 23.2. The highest BCUT2D eigenvalue weighted by Crippen LogP contribution is 2.22. The molecule has 0 aromatic heterocycles. The highest BCUT2D eigenvalue weighted by atomic mass is 16.7. The van der Waals surface area contributed by atoms with Gasteiger partial charge in [0.25, 0.3) is 0 Å². The Hall–Kier alpha value is -2.36. The molecular weight excluding hydrogens is 652 g/mol. The lowest BCUT2D eigenvalue weighted by Crippen LogP contribution is -2.57. The number of amides is 3. The van der Waals surface area contributed by atoms with Crippen LogP contribution in [0.4, 0.5) is 0 Å². The van der Waals surface area contributed by atoms with Crippen molar-refractivity contribution in [3.63, 3.8) is 0 Å². The average molecular weight is 709 g/mol. The summed E-state index contributed by atoms with van der Waals surface area (Å²) in [6.45, 7) is 4.92. The average Bonchev–Trinajstić information content (AvgIpc) is 3.05. The SMILES string of the molecule is CCNC(=O)CCCCCNC(=O)CN(CC(=O)CCCO[C@@H]1O[C@@H](C)[C@@H](O)[C@@H](O)[C@@H]1O)CC(=O)NCCO[C@@H]1O[C@@H](C)[C@@H](O)[C@@H](O)[C@@H]1O. The summed E-state index contributed by atoms with van der Waals surface area (Å²) in [5.41, 5.74) is 0. The van der Waals surface area contributed by atoms with Crippen LogP contribution >= 0.6 is 0 Å². The molecule has 2 aliphatic heterocycles. The highest BCUT2D eigenvalue weighted by molar-refractivity contribution is 5.84. The van der Waals surface area contributed by atoms with Crippen LogP contribution in [-0.2, 0) is 38.1 Å². The largest absolute Gasteiger partial charge is 0.388 e. The fourth-order valence-corrected chi connectivity index (χ4v) is 5.25. The van der Waals surface area contributed by atoms with E-state index in [2.05, 4.69) is 16.0 Å². The van der Waals surface area contributed by atoms with E-state index in [1.54, 1.807) is 0 Å². The number of carbonyl (C=O) groups excluding carboxylic acids is 4. The Morgan fingerprint density at radius 3 is 1.67 bits per heavy atom. The lowest BCUT2D eigenvalue weighted by Gasteiger charge is -2.38. The first-order valence-electron chi connectivity index (χ1n) is 16.9. The minimum atomic E-state index is -1.49. The first-order valence-corrected chi connectivity index (χ1v) is 16.9. The molecule has 2 aliphatic rings. The molecule has 0 aliphatic carbocycles. The Bertz CT molecular complexity index is 969. The third kappa shape index (κ3) is 15.2. The number of Topliss-reactive ketones (excluding diaryl/α,β-unsaturated/α-hetero) is 1. The normalized spacial score (nSPS) is 30.2. The number of hydrogen-bond donors (Lipinski definition) is 9. The van der Waals surface area contributed by atoms with Crippen molar-refractivity contribution in [1.29, 1.82) is 0 Å². The number of nitrogens with zero attached hydrogens (tertiary/aromatic N) is 1. The molecule has 0 bridgehead atoms. The van der Waals surface area contributed by atoms with Gasteiger partial charge in [-0.1, -0.05) is 6.42 Å². The van der Waals surface area contributed by atoms with E-state index in [-0.39, 0.29) is 63.9 Å². The second kappa shape index (κ2) is 22.5. The molecule has 0 saturated carbocycles. The number of nitrogens with one attached hydrogen (secondary N) is 3. The first kappa shape index (κ1) is 42.8. The van der Waals surface area contributed by atoms with Gasteiger partial charge in [-0.25, -0.2) is 0 Å². The van der Waals surface area contributed by atoms with Crippen molar-refractivity contribution in [2.24, 2.45) is 0 Å². The van der Waals surface area contributed by atoms with Gasteiger partial charge < -0.3 is 65.5 Å². The van der Waals surface area contributed by atoms with Crippen molar-refractivity contribution >= 4 is 23.5 Å². The van der Waals surface area contributed by atoms with Crippen LogP contribution < -0.4 is 16.0 Å². The quantitative estimate of drug-likeness (QED) is 0.0489. The molecule has 0 spiro atoms. The molecule has 18 nitrogen and oxygen atoms in total. The number of ether oxygens (including phenoxy) is 4. The summed E-state index contributed by atoms with van der Waals surface area (Å²) < 4.78 is 21.6. The van der Waals surface area contributed by atoms with Crippen molar-refractivity contribution in [3.05, 3.63) is 0 Å². The van der Waals surface area contributed by atoms with Crippen molar-refractivity contribution in [2.75, 3.05) is 52.5 Å². The molecule has 0 radical (unpaired) electrons. The Kier molecular flexibility index (Phi) is 19.6. The van der Waals surface area contributed by atoms with E-state index in [1.165, 1.54) is 18.7 Å². The monoisotopic (exact) mass is 708 g/mol. The summed E-state index contributed by atoms with van der Waals surface area (Å²) in [7, 11) is 0. The van der Waals surface area contributed by atoms with Gasteiger partial charge in [-0.2, -0.15) is 0 Å². The minimum Gasteiger partial charge on any atom is -0.388 e. The minimum absolute atomic E-state index is 0.00174. The highest BCUT2D eigenvalue weighted by Gasteiger charge is 2.43. The van der Waals surface area contributed by atoms with Gasteiger partial charge in [0.05, 0.1) is 45.1 Å². The Morgan fingerprint density at radius 1 is 0.592 bits per heavy atom. The van der Waals surface area contributed by atoms with Crippen molar-refractivity contribution < 1.29 is 68.8 Å². The molecule has 0 unspecified atom stereocenters. The zero-order valence-electron chi connectivity index (χ0n) is 28.6. The summed E-state index contributed by atoms with van der Waals surface area (Å²) in [6.07, 6.45) is -9.67. The maximum absolute atomic E-state index is 12.8. The van der Waals surface area contributed by atoms with Gasteiger partial charge in [0, 0.05) is 32.5 Å². The van der Waals surface area contributed by atoms with E-state index in [0.29, 0.717) is 32.4 Å². The van der Waals surface area contributed by atoms with Crippen LogP contribution in [0.2, 0.25) is 0 Å². The standard InChI is InChI=1S/C31H56N4O14/c1-4-32-21(37)10-6-5-7-11-33-22(38)16-35(15-20(36)9-8-13-46-30-28(44)26(42)24(40)18(2)48-30)17-23(39)34-12-14-47-31-29(45)27(43)25(41)19(3)49-31/h18-19,24-31,40-45H,4-17H2,1-3H3,(H,32,37)(H,33,38)(H,34,39)/t18-,19-,24+,25+,26+,27+,28-,29-,30+,31+/m0/s1. The number of rotatable bonds is 22. The maximum atomic E-state index is 12.8. The zero-order chi connectivity index (χ0) is 36.5. The predicted molar refractivity (Wildman–Crippen MR) is 170 cm³/mol. The summed E-state index contributed by atoms with van der Waals surface area (Å²) >= 11 is 0. The molecule has 2 rings (SSSR count). The Balaban J connectivity index is 1.81. The lowest BCUT2D eigenvalue weighted by atomic mass is 10.0. The van der Waals surface area contributed by atoms with Crippen molar-refractivity contribution in [2.45, 2.75) is 121 Å². The van der Waals surface area contributed by atoms with Gasteiger partial charge in [0.1, 0.15) is 42.4 Å². The van der Waals surface area contributed by atoms with Crippen LogP contribution in [0.1, 0.15) is 59.3 Å². The molecule has 2 fully saturated rings. The molecule has 2 heterocycles. The predicted octanol–water partition coefficient (Wildman–Crippen LogP) is -3.75. The van der Waals surface area contributed by atoms with E-state index in [0.717, 1.165) is 6.42 Å². The lowest BCUT2D eigenvalue weighted by molar-refractivity contribution is -0.293. The second-order valence-corrected chi connectivity index (χ2v) is 12.4. The summed E-state index contributed by atoms with van der Waals surface area (Å²) in [4.78, 5) is 51.1. The number of aliphatic hydroxyl groups is 6. The number of unbranched alkanes of at least 4 members (excludes halogenated alkanes) is 2. The molecule has 10 atom stereocenters. The number of hydrogen-bond acceptors (Lipinski definition) is 15. The van der Waals surface area contributed by atoms with Crippen molar-refractivity contribution in [1.82, 2.24) is 20.9 Å². The van der Waals surface area contributed by atoms with E-state index in [9.17, 15) is 49.8 Å². The number of ketones is 1. The number of aliphatic hydroxyl groups excluding tert-OH is 6.